The minimum Gasteiger partial charge on any atom is -0.489 e. The van der Waals surface area contributed by atoms with Crippen LogP contribution in [0.2, 0.25) is 0 Å². The summed E-state index contributed by atoms with van der Waals surface area (Å²) in [5.74, 6) is 0.350. The average molecular weight is 328 g/mol. The zero-order valence-corrected chi connectivity index (χ0v) is 12.5. The molecular formula is C15H15F3N2O3. The second-order valence-electron chi connectivity index (χ2n) is 4.91. The molecule has 1 aromatic heterocycles. The fourth-order valence-corrected chi connectivity index (χ4v) is 1.85. The topological polar surface area (TPSA) is 64.4 Å². The molecule has 0 atom stereocenters. The summed E-state index contributed by atoms with van der Waals surface area (Å²) >= 11 is 0. The van der Waals surface area contributed by atoms with Crippen LogP contribution in [0.1, 0.15) is 27.4 Å². The van der Waals surface area contributed by atoms with Crippen molar-refractivity contribution in [3.8, 4) is 5.75 Å². The van der Waals surface area contributed by atoms with Crippen molar-refractivity contribution in [2.75, 3.05) is 6.54 Å². The van der Waals surface area contributed by atoms with Crippen LogP contribution in [0.15, 0.2) is 28.8 Å². The predicted molar refractivity (Wildman–Crippen MR) is 75.1 cm³/mol. The molecule has 0 fully saturated rings. The maximum Gasteiger partial charge on any atom is 0.405 e. The molecule has 124 valence electrons. The fourth-order valence-electron chi connectivity index (χ4n) is 1.85. The van der Waals surface area contributed by atoms with E-state index < -0.39 is 18.6 Å². The molecule has 0 aliphatic rings. The van der Waals surface area contributed by atoms with Gasteiger partial charge >= 0.3 is 6.18 Å². The van der Waals surface area contributed by atoms with Gasteiger partial charge in [0.25, 0.3) is 5.91 Å². The summed E-state index contributed by atoms with van der Waals surface area (Å²) in [6, 6.07) is 5.82. The third kappa shape index (κ3) is 4.73. The lowest BCUT2D eigenvalue weighted by atomic mass is 10.2. The van der Waals surface area contributed by atoms with E-state index in [0.29, 0.717) is 11.5 Å². The lowest BCUT2D eigenvalue weighted by molar-refractivity contribution is -0.123. The van der Waals surface area contributed by atoms with Gasteiger partial charge in [0.15, 0.2) is 0 Å². The Morgan fingerprint density at radius 3 is 2.43 bits per heavy atom. The first-order chi connectivity index (χ1) is 10.8. The Bertz CT molecular complexity index is 659. The first kappa shape index (κ1) is 16.9. The third-order valence-electron chi connectivity index (χ3n) is 3.13. The second-order valence-corrected chi connectivity index (χ2v) is 4.91. The summed E-state index contributed by atoms with van der Waals surface area (Å²) in [5, 5.41) is 5.61. The molecule has 0 spiro atoms. The minimum atomic E-state index is -4.44. The van der Waals surface area contributed by atoms with Gasteiger partial charge in [0, 0.05) is 5.56 Å². The molecule has 0 radical (unpaired) electrons. The van der Waals surface area contributed by atoms with Crippen LogP contribution in [-0.4, -0.2) is 23.8 Å². The van der Waals surface area contributed by atoms with E-state index in [2.05, 4.69) is 5.16 Å². The van der Waals surface area contributed by atoms with Gasteiger partial charge in [0.2, 0.25) is 0 Å². The van der Waals surface area contributed by atoms with Crippen LogP contribution in [0, 0.1) is 13.8 Å². The van der Waals surface area contributed by atoms with Crippen molar-refractivity contribution in [3.05, 3.63) is 46.8 Å². The number of carbonyl (C=O) groups excluding carboxylic acids is 1. The van der Waals surface area contributed by atoms with Crippen LogP contribution < -0.4 is 10.1 Å². The number of carbonyl (C=O) groups is 1. The van der Waals surface area contributed by atoms with E-state index in [0.717, 1.165) is 11.3 Å². The molecule has 0 aliphatic carbocycles. The molecule has 0 saturated heterocycles. The number of ether oxygens (including phenoxy) is 1. The molecular weight excluding hydrogens is 313 g/mol. The Labute approximate surface area is 130 Å². The monoisotopic (exact) mass is 328 g/mol. The standard InChI is InChI=1S/C15H15F3N2O3/c1-9-13(10(2)23-20-9)7-22-12-5-3-11(4-6-12)14(21)19-8-15(16,17)18/h3-6H,7-8H2,1-2H3,(H,19,21). The first-order valence-corrected chi connectivity index (χ1v) is 6.76. The van der Waals surface area contributed by atoms with E-state index in [-0.39, 0.29) is 12.2 Å². The largest absolute Gasteiger partial charge is 0.489 e. The molecule has 0 aliphatic heterocycles. The summed E-state index contributed by atoms with van der Waals surface area (Å²) in [5.41, 5.74) is 1.68. The Balaban J connectivity index is 1.93. The van der Waals surface area contributed by atoms with Gasteiger partial charge in [0.05, 0.1) is 11.3 Å². The van der Waals surface area contributed by atoms with E-state index in [4.69, 9.17) is 9.26 Å². The maximum atomic E-state index is 12.0. The third-order valence-corrected chi connectivity index (χ3v) is 3.13. The van der Waals surface area contributed by atoms with Gasteiger partial charge in [-0.2, -0.15) is 13.2 Å². The summed E-state index contributed by atoms with van der Waals surface area (Å²) in [4.78, 5) is 11.6. The van der Waals surface area contributed by atoms with Gasteiger partial charge in [0.1, 0.15) is 24.7 Å². The number of hydrogen-bond donors (Lipinski definition) is 1. The van der Waals surface area contributed by atoms with Crippen molar-refractivity contribution in [1.29, 1.82) is 0 Å². The van der Waals surface area contributed by atoms with Crippen LogP contribution in [0.25, 0.3) is 0 Å². The van der Waals surface area contributed by atoms with Crippen molar-refractivity contribution in [2.45, 2.75) is 26.6 Å². The van der Waals surface area contributed by atoms with Crippen molar-refractivity contribution in [3.63, 3.8) is 0 Å². The Hall–Kier alpha value is -2.51. The van der Waals surface area contributed by atoms with Crippen LogP contribution >= 0.6 is 0 Å². The van der Waals surface area contributed by atoms with E-state index in [1.807, 2.05) is 0 Å². The van der Waals surface area contributed by atoms with Crippen LogP contribution in [0.5, 0.6) is 5.75 Å². The number of nitrogens with one attached hydrogen (secondary N) is 1. The van der Waals surface area contributed by atoms with Gasteiger partial charge in [-0.05, 0) is 38.1 Å². The molecule has 1 amide bonds. The van der Waals surface area contributed by atoms with Crippen molar-refractivity contribution in [1.82, 2.24) is 10.5 Å². The molecule has 2 rings (SSSR count). The van der Waals surface area contributed by atoms with Crippen molar-refractivity contribution >= 4 is 5.91 Å². The highest BCUT2D eigenvalue weighted by molar-refractivity contribution is 5.94. The maximum absolute atomic E-state index is 12.0. The zero-order chi connectivity index (χ0) is 17.0. The number of aryl methyl sites for hydroxylation is 2. The molecule has 1 heterocycles. The Kier molecular flexibility index (Phi) is 4.92. The summed E-state index contributed by atoms with van der Waals surface area (Å²) < 4.78 is 46.7. The zero-order valence-electron chi connectivity index (χ0n) is 12.5. The van der Waals surface area contributed by atoms with Gasteiger partial charge < -0.3 is 14.6 Å². The lowest BCUT2D eigenvalue weighted by Crippen LogP contribution is -2.33. The summed E-state index contributed by atoms with van der Waals surface area (Å²) in [6.07, 6.45) is -4.44. The van der Waals surface area contributed by atoms with Gasteiger partial charge in [-0.1, -0.05) is 5.16 Å². The molecule has 0 saturated carbocycles. The molecule has 0 unspecified atom stereocenters. The Morgan fingerprint density at radius 2 is 1.91 bits per heavy atom. The van der Waals surface area contributed by atoms with E-state index in [9.17, 15) is 18.0 Å². The Morgan fingerprint density at radius 1 is 1.26 bits per heavy atom. The van der Waals surface area contributed by atoms with Crippen LogP contribution in [0.3, 0.4) is 0 Å². The quantitative estimate of drug-likeness (QED) is 0.916. The minimum absolute atomic E-state index is 0.124. The van der Waals surface area contributed by atoms with E-state index in [1.54, 1.807) is 19.2 Å². The number of amides is 1. The number of aromatic nitrogens is 1. The van der Waals surface area contributed by atoms with E-state index in [1.165, 1.54) is 24.3 Å². The molecule has 8 heteroatoms. The highest BCUT2D eigenvalue weighted by Gasteiger charge is 2.27. The number of hydrogen-bond acceptors (Lipinski definition) is 4. The predicted octanol–water partition coefficient (Wildman–Crippen LogP) is 3.16. The summed E-state index contributed by atoms with van der Waals surface area (Å²) in [6.45, 7) is 2.45. The SMILES string of the molecule is Cc1noc(C)c1COc1ccc(C(=O)NCC(F)(F)F)cc1. The van der Waals surface area contributed by atoms with Gasteiger partial charge in [-0.15, -0.1) is 0 Å². The highest BCUT2D eigenvalue weighted by Crippen LogP contribution is 2.18. The molecule has 0 bridgehead atoms. The molecule has 2 aromatic rings. The normalized spacial score (nSPS) is 11.3. The fraction of sp³-hybridized carbons (Fsp3) is 0.333. The van der Waals surface area contributed by atoms with Crippen molar-refractivity contribution in [2.24, 2.45) is 0 Å². The van der Waals surface area contributed by atoms with Crippen LogP contribution in [0.4, 0.5) is 13.2 Å². The molecule has 1 aromatic carbocycles. The van der Waals surface area contributed by atoms with E-state index >= 15 is 0 Å². The summed E-state index contributed by atoms with van der Waals surface area (Å²) in [7, 11) is 0. The molecule has 23 heavy (non-hydrogen) atoms. The average Bonchev–Trinajstić information content (AvgIpc) is 2.81. The number of nitrogens with zero attached hydrogens (tertiary/aromatic N) is 1. The highest BCUT2D eigenvalue weighted by atomic mass is 19.4. The molecule has 5 nitrogen and oxygen atoms in total. The van der Waals surface area contributed by atoms with Crippen LogP contribution in [-0.2, 0) is 6.61 Å². The number of halogens is 3. The number of benzene rings is 1. The first-order valence-electron chi connectivity index (χ1n) is 6.76. The van der Waals surface area contributed by atoms with Crippen molar-refractivity contribution < 1.29 is 27.2 Å². The lowest BCUT2D eigenvalue weighted by Gasteiger charge is -2.09. The van der Waals surface area contributed by atoms with Gasteiger partial charge in [-0.3, -0.25) is 4.79 Å². The number of rotatable bonds is 5. The van der Waals surface area contributed by atoms with Gasteiger partial charge in [-0.25, -0.2) is 0 Å². The second kappa shape index (κ2) is 6.72. The smallest absolute Gasteiger partial charge is 0.405 e. The molecule has 1 N–H and O–H groups in total. The number of alkyl halides is 3.